The predicted molar refractivity (Wildman–Crippen MR) is 84.8 cm³/mol. The number of H-pyrrole nitrogens is 1. The number of nitrogens with zero attached hydrogens (tertiary/aromatic N) is 2. The van der Waals surface area contributed by atoms with Gasteiger partial charge in [-0.25, -0.2) is 0 Å². The third-order valence-electron chi connectivity index (χ3n) is 4.12. The maximum absolute atomic E-state index is 12.6. The van der Waals surface area contributed by atoms with Gasteiger partial charge in [0, 0.05) is 25.7 Å². The molecule has 0 saturated carbocycles. The van der Waals surface area contributed by atoms with Gasteiger partial charge in [0.05, 0.1) is 6.04 Å². The Kier molecular flexibility index (Phi) is 4.06. The van der Waals surface area contributed by atoms with Crippen molar-refractivity contribution in [3.8, 4) is 0 Å². The molecular formula is C17H19N3O2. The number of aromatic nitrogens is 1. The van der Waals surface area contributed by atoms with Crippen molar-refractivity contribution >= 4 is 5.91 Å². The zero-order valence-corrected chi connectivity index (χ0v) is 12.5. The van der Waals surface area contributed by atoms with E-state index in [1.165, 1.54) is 11.6 Å². The van der Waals surface area contributed by atoms with Gasteiger partial charge >= 0.3 is 0 Å². The van der Waals surface area contributed by atoms with Crippen molar-refractivity contribution in [3.63, 3.8) is 0 Å². The lowest BCUT2D eigenvalue weighted by molar-refractivity contribution is 0.0540. The van der Waals surface area contributed by atoms with Gasteiger partial charge in [0.2, 0.25) is 5.56 Å². The lowest BCUT2D eigenvalue weighted by Gasteiger charge is -2.39. The molecule has 0 bridgehead atoms. The highest BCUT2D eigenvalue weighted by molar-refractivity contribution is 5.92. The van der Waals surface area contributed by atoms with Gasteiger partial charge in [-0.05, 0) is 18.7 Å². The average Bonchev–Trinajstić information content (AvgIpc) is 2.55. The van der Waals surface area contributed by atoms with Gasteiger partial charge in [0.15, 0.2) is 0 Å². The van der Waals surface area contributed by atoms with Crippen LogP contribution in [0.5, 0.6) is 0 Å². The number of hydrogen-bond acceptors (Lipinski definition) is 3. The number of pyridine rings is 1. The first-order chi connectivity index (χ1) is 10.6. The van der Waals surface area contributed by atoms with Crippen molar-refractivity contribution in [2.24, 2.45) is 0 Å². The molecule has 2 aromatic rings. The number of likely N-dealkylation sites (N-methyl/N-ethyl adjacent to an activating group) is 1. The molecule has 0 unspecified atom stereocenters. The third-order valence-corrected chi connectivity index (χ3v) is 4.12. The maximum atomic E-state index is 12.6. The van der Waals surface area contributed by atoms with Crippen molar-refractivity contribution < 1.29 is 4.79 Å². The number of carbonyl (C=O) groups is 1. The molecule has 0 radical (unpaired) electrons. The summed E-state index contributed by atoms with van der Waals surface area (Å²) in [5.41, 5.74) is 1.30. The molecule has 1 aliphatic rings. The van der Waals surface area contributed by atoms with E-state index in [9.17, 15) is 9.59 Å². The molecule has 1 aromatic heterocycles. The molecule has 5 heteroatoms. The Labute approximate surface area is 129 Å². The van der Waals surface area contributed by atoms with Crippen LogP contribution in [-0.2, 0) is 0 Å². The molecule has 1 N–H and O–H groups in total. The van der Waals surface area contributed by atoms with Crippen molar-refractivity contribution in [1.82, 2.24) is 14.8 Å². The molecule has 1 fully saturated rings. The summed E-state index contributed by atoms with van der Waals surface area (Å²) in [5.74, 6) is -0.119. The van der Waals surface area contributed by atoms with Gasteiger partial charge in [-0.15, -0.1) is 0 Å². The number of hydrogen-bond donors (Lipinski definition) is 1. The molecule has 0 spiro atoms. The number of aromatic amines is 1. The minimum absolute atomic E-state index is 0.119. The Balaban J connectivity index is 1.81. The van der Waals surface area contributed by atoms with Crippen LogP contribution in [0, 0.1) is 0 Å². The molecule has 1 saturated heterocycles. The second-order valence-electron chi connectivity index (χ2n) is 5.59. The summed E-state index contributed by atoms with van der Waals surface area (Å²) in [5, 5.41) is 0. The van der Waals surface area contributed by atoms with Crippen LogP contribution < -0.4 is 5.56 Å². The summed E-state index contributed by atoms with van der Waals surface area (Å²) < 4.78 is 0. The summed E-state index contributed by atoms with van der Waals surface area (Å²) in [6.45, 7) is 2.09. The summed E-state index contributed by atoms with van der Waals surface area (Å²) in [6.07, 6.45) is 0. The normalized spacial score (nSPS) is 19.1. The van der Waals surface area contributed by atoms with E-state index in [-0.39, 0.29) is 17.5 Å². The highest BCUT2D eigenvalue weighted by Gasteiger charge is 2.29. The van der Waals surface area contributed by atoms with Crippen molar-refractivity contribution in [2.45, 2.75) is 6.04 Å². The molecule has 1 amide bonds. The Morgan fingerprint density at radius 2 is 1.86 bits per heavy atom. The smallest absolute Gasteiger partial charge is 0.270 e. The Morgan fingerprint density at radius 1 is 1.09 bits per heavy atom. The molecular weight excluding hydrogens is 278 g/mol. The number of piperazine rings is 1. The fourth-order valence-corrected chi connectivity index (χ4v) is 2.84. The second kappa shape index (κ2) is 6.15. The number of rotatable bonds is 2. The topological polar surface area (TPSA) is 56.4 Å². The van der Waals surface area contributed by atoms with Gasteiger partial charge in [0.25, 0.3) is 5.91 Å². The Bertz CT molecular complexity index is 711. The number of amides is 1. The molecule has 5 nitrogen and oxygen atoms in total. The van der Waals surface area contributed by atoms with Gasteiger partial charge < -0.3 is 9.88 Å². The first kappa shape index (κ1) is 14.5. The Morgan fingerprint density at radius 3 is 2.59 bits per heavy atom. The van der Waals surface area contributed by atoms with Gasteiger partial charge in [-0.1, -0.05) is 36.4 Å². The van der Waals surface area contributed by atoms with Crippen molar-refractivity contribution in [1.29, 1.82) is 0 Å². The average molecular weight is 297 g/mol. The highest BCUT2D eigenvalue weighted by atomic mass is 16.2. The van der Waals surface area contributed by atoms with Gasteiger partial charge in [0.1, 0.15) is 5.69 Å². The molecule has 1 aromatic carbocycles. The van der Waals surface area contributed by atoms with E-state index >= 15 is 0 Å². The van der Waals surface area contributed by atoms with E-state index in [1.807, 2.05) is 23.1 Å². The fraction of sp³-hybridized carbons (Fsp3) is 0.294. The molecule has 114 valence electrons. The van der Waals surface area contributed by atoms with Gasteiger partial charge in [-0.3, -0.25) is 14.5 Å². The van der Waals surface area contributed by atoms with Crippen molar-refractivity contribution in [2.75, 3.05) is 26.7 Å². The number of benzene rings is 1. The molecule has 1 aliphatic heterocycles. The van der Waals surface area contributed by atoms with Crippen LogP contribution in [0.3, 0.4) is 0 Å². The van der Waals surface area contributed by atoms with E-state index in [4.69, 9.17) is 0 Å². The van der Waals surface area contributed by atoms with E-state index in [1.54, 1.807) is 12.1 Å². The summed E-state index contributed by atoms with van der Waals surface area (Å²) in [6, 6.07) is 15.0. The minimum Gasteiger partial charge on any atom is -0.334 e. The summed E-state index contributed by atoms with van der Waals surface area (Å²) >= 11 is 0. The van der Waals surface area contributed by atoms with E-state index in [0.717, 1.165) is 6.54 Å². The highest BCUT2D eigenvalue weighted by Crippen LogP contribution is 2.24. The molecule has 3 rings (SSSR count). The van der Waals surface area contributed by atoms with E-state index < -0.39 is 0 Å². The van der Waals surface area contributed by atoms with Crippen LogP contribution in [0.25, 0.3) is 0 Å². The third kappa shape index (κ3) is 2.94. The Hall–Kier alpha value is -2.40. The second-order valence-corrected chi connectivity index (χ2v) is 5.59. The molecule has 1 atom stereocenters. The minimum atomic E-state index is -0.250. The first-order valence-corrected chi connectivity index (χ1v) is 7.39. The quantitative estimate of drug-likeness (QED) is 0.914. The number of nitrogens with one attached hydrogen (secondary N) is 1. The van der Waals surface area contributed by atoms with Crippen LogP contribution >= 0.6 is 0 Å². The SMILES string of the molecule is CN1CCN(C(=O)c2cccc(=O)[nH]2)C[C@@H]1c1ccccc1. The fourth-order valence-electron chi connectivity index (χ4n) is 2.84. The zero-order chi connectivity index (χ0) is 15.5. The summed E-state index contributed by atoms with van der Waals surface area (Å²) in [4.78, 5) is 30.6. The summed E-state index contributed by atoms with van der Waals surface area (Å²) in [7, 11) is 2.07. The zero-order valence-electron chi connectivity index (χ0n) is 12.5. The molecule has 0 aliphatic carbocycles. The van der Waals surface area contributed by atoms with E-state index in [2.05, 4.69) is 29.1 Å². The van der Waals surface area contributed by atoms with Crippen LogP contribution in [0.1, 0.15) is 22.1 Å². The van der Waals surface area contributed by atoms with Gasteiger partial charge in [-0.2, -0.15) is 0 Å². The van der Waals surface area contributed by atoms with E-state index in [0.29, 0.717) is 18.8 Å². The number of carbonyl (C=O) groups excluding carboxylic acids is 1. The maximum Gasteiger partial charge on any atom is 0.270 e. The predicted octanol–water partition coefficient (Wildman–Crippen LogP) is 1.50. The van der Waals surface area contributed by atoms with Crippen LogP contribution in [0.4, 0.5) is 0 Å². The molecule has 22 heavy (non-hydrogen) atoms. The monoisotopic (exact) mass is 297 g/mol. The lowest BCUT2D eigenvalue weighted by Crippen LogP contribution is -2.49. The van der Waals surface area contributed by atoms with Crippen LogP contribution in [0.2, 0.25) is 0 Å². The van der Waals surface area contributed by atoms with Crippen LogP contribution in [-0.4, -0.2) is 47.4 Å². The largest absolute Gasteiger partial charge is 0.334 e. The standard InChI is InChI=1S/C17H19N3O2/c1-19-10-11-20(12-15(19)13-6-3-2-4-7-13)17(22)14-8-5-9-16(21)18-14/h2-9,15H,10-12H2,1H3,(H,18,21)/t15-/m1/s1. The van der Waals surface area contributed by atoms with Crippen LogP contribution in [0.15, 0.2) is 53.3 Å². The lowest BCUT2D eigenvalue weighted by atomic mass is 10.0. The molecule has 2 heterocycles. The van der Waals surface area contributed by atoms with Crippen molar-refractivity contribution in [3.05, 3.63) is 70.1 Å². The first-order valence-electron chi connectivity index (χ1n) is 7.39.